The fourth-order valence-corrected chi connectivity index (χ4v) is 2.96. The first-order valence-electron chi connectivity index (χ1n) is 9.57. The second kappa shape index (κ2) is 11.6. The zero-order chi connectivity index (χ0) is 21.1. The Morgan fingerprint density at radius 2 is 1.55 bits per heavy atom. The lowest BCUT2D eigenvalue weighted by atomic mass is 9.91. The van der Waals surface area contributed by atoms with Crippen LogP contribution in [-0.4, -0.2) is 29.8 Å². The van der Waals surface area contributed by atoms with E-state index < -0.39 is 24.0 Å². The molecule has 1 N–H and O–H groups in total. The van der Waals surface area contributed by atoms with Crippen molar-refractivity contribution in [1.29, 1.82) is 0 Å². The molecule has 1 unspecified atom stereocenters. The lowest BCUT2D eigenvalue weighted by molar-refractivity contribution is -0.166. The minimum atomic E-state index is -3.45. The Labute approximate surface area is 171 Å². The Morgan fingerprint density at radius 3 is 2.07 bits per heavy atom. The highest BCUT2D eigenvalue weighted by atomic mass is 19.3. The molecule has 2 aromatic rings. The second-order valence-electron chi connectivity index (χ2n) is 6.74. The van der Waals surface area contributed by atoms with Crippen LogP contribution in [0.5, 0.6) is 0 Å². The van der Waals surface area contributed by atoms with E-state index in [1.807, 2.05) is 60.7 Å². The molecule has 0 aliphatic heterocycles. The van der Waals surface area contributed by atoms with E-state index in [-0.39, 0.29) is 19.8 Å². The van der Waals surface area contributed by atoms with E-state index in [0.717, 1.165) is 23.3 Å². The summed E-state index contributed by atoms with van der Waals surface area (Å²) in [5, 5.41) is 9.94. The van der Waals surface area contributed by atoms with Gasteiger partial charge in [-0.15, -0.1) is 6.58 Å². The molecule has 0 aliphatic rings. The summed E-state index contributed by atoms with van der Waals surface area (Å²) in [6.07, 6.45) is 0.674. The highest BCUT2D eigenvalue weighted by Gasteiger charge is 2.48. The number of aliphatic hydroxyl groups excluding tert-OH is 1. The quantitative estimate of drug-likeness (QED) is 0.498. The molecule has 0 spiro atoms. The van der Waals surface area contributed by atoms with Crippen LogP contribution < -0.4 is 0 Å². The normalized spacial score (nSPS) is 15.2. The van der Waals surface area contributed by atoms with Crippen LogP contribution in [0, 0.1) is 5.92 Å². The van der Waals surface area contributed by atoms with Gasteiger partial charge in [-0.2, -0.15) is 0 Å². The lowest BCUT2D eigenvalue weighted by Crippen LogP contribution is -2.46. The van der Waals surface area contributed by atoms with Gasteiger partial charge in [-0.1, -0.05) is 78.9 Å². The van der Waals surface area contributed by atoms with Gasteiger partial charge >= 0.3 is 0 Å². The van der Waals surface area contributed by atoms with E-state index in [9.17, 15) is 13.9 Å². The molecule has 2 rings (SSSR count). The van der Waals surface area contributed by atoms with Crippen LogP contribution in [-0.2, 0) is 22.7 Å². The molecule has 0 amide bonds. The van der Waals surface area contributed by atoms with Crippen molar-refractivity contribution in [3.05, 3.63) is 96.6 Å². The fourth-order valence-electron chi connectivity index (χ4n) is 2.96. The van der Waals surface area contributed by atoms with Crippen molar-refractivity contribution in [2.24, 2.45) is 5.92 Å². The molecule has 5 heteroatoms. The SMILES string of the molecule is C=C[C@H]([C@@H](COCc1ccccc1)OCc1ccccc1)C(F)(F)C(O)/C=C/C. The Balaban J connectivity index is 2.12. The van der Waals surface area contributed by atoms with Crippen molar-refractivity contribution in [3.8, 4) is 0 Å². The van der Waals surface area contributed by atoms with Crippen molar-refractivity contribution in [3.63, 3.8) is 0 Å². The van der Waals surface area contributed by atoms with Crippen LogP contribution >= 0.6 is 0 Å². The molecule has 0 aliphatic carbocycles. The number of ether oxygens (including phenoxy) is 2. The van der Waals surface area contributed by atoms with Gasteiger partial charge in [-0.05, 0) is 18.1 Å². The van der Waals surface area contributed by atoms with Gasteiger partial charge in [0.25, 0.3) is 5.92 Å². The van der Waals surface area contributed by atoms with E-state index in [0.29, 0.717) is 0 Å². The van der Waals surface area contributed by atoms with Crippen molar-refractivity contribution in [2.75, 3.05) is 6.61 Å². The first-order chi connectivity index (χ1) is 14.0. The molecule has 3 atom stereocenters. The van der Waals surface area contributed by atoms with Crippen LogP contribution in [0.1, 0.15) is 18.1 Å². The number of allylic oxidation sites excluding steroid dienone is 1. The van der Waals surface area contributed by atoms with Gasteiger partial charge in [-0.3, -0.25) is 0 Å². The summed E-state index contributed by atoms with van der Waals surface area (Å²) in [7, 11) is 0. The third kappa shape index (κ3) is 6.89. The minimum Gasteiger partial charge on any atom is -0.383 e. The lowest BCUT2D eigenvalue weighted by Gasteiger charge is -2.33. The van der Waals surface area contributed by atoms with E-state index >= 15 is 0 Å². The monoisotopic (exact) mass is 402 g/mol. The zero-order valence-corrected chi connectivity index (χ0v) is 16.6. The van der Waals surface area contributed by atoms with Crippen LogP contribution in [0.4, 0.5) is 8.78 Å². The first kappa shape index (κ1) is 22.9. The van der Waals surface area contributed by atoms with Crippen molar-refractivity contribution in [2.45, 2.75) is 38.3 Å². The number of hydrogen-bond donors (Lipinski definition) is 1. The zero-order valence-electron chi connectivity index (χ0n) is 16.6. The van der Waals surface area contributed by atoms with Crippen molar-refractivity contribution >= 4 is 0 Å². The van der Waals surface area contributed by atoms with Gasteiger partial charge < -0.3 is 14.6 Å². The Hall–Kier alpha value is -2.34. The van der Waals surface area contributed by atoms with E-state index in [4.69, 9.17) is 9.47 Å². The summed E-state index contributed by atoms with van der Waals surface area (Å²) in [6, 6.07) is 18.8. The molecular formula is C24H28F2O3. The average Bonchev–Trinajstić information content (AvgIpc) is 2.73. The summed E-state index contributed by atoms with van der Waals surface area (Å²) < 4.78 is 41.3. The average molecular weight is 402 g/mol. The third-order valence-corrected chi connectivity index (χ3v) is 4.57. The first-order valence-corrected chi connectivity index (χ1v) is 9.57. The van der Waals surface area contributed by atoms with E-state index in [2.05, 4.69) is 6.58 Å². The highest BCUT2D eigenvalue weighted by Crippen LogP contribution is 2.34. The van der Waals surface area contributed by atoms with Crippen LogP contribution in [0.2, 0.25) is 0 Å². The fraction of sp³-hybridized carbons (Fsp3) is 0.333. The Bertz CT molecular complexity index is 747. The van der Waals surface area contributed by atoms with Crippen molar-refractivity contribution in [1.82, 2.24) is 0 Å². The number of aliphatic hydroxyl groups is 1. The maximum Gasteiger partial charge on any atom is 0.285 e. The predicted octanol–water partition coefficient (Wildman–Crippen LogP) is 5.16. The summed E-state index contributed by atoms with van der Waals surface area (Å²) in [5.74, 6) is -4.88. The standard InChI is InChI=1S/C24H28F2O3/c1-3-11-23(27)24(25,26)21(4-2)22(29-17-20-14-9-6-10-15-20)18-28-16-19-12-7-5-8-13-19/h3-15,21-23,27H,2,16-18H2,1H3/b11-3+/t21-,22-,23?/m1/s1. The predicted molar refractivity (Wildman–Crippen MR) is 111 cm³/mol. The summed E-state index contributed by atoms with van der Waals surface area (Å²) in [5.41, 5.74) is 1.80. The summed E-state index contributed by atoms with van der Waals surface area (Å²) in [4.78, 5) is 0. The van der Waals surface area contributed by atoms with Crippen LogP contribution in [0.25, 0.3) is 0 Å². The number of hydrogen-bond acceptors (Lipinski definition) is 3. The number of rotatable bonds is 12. The molecule has 2 aromatic carbocycles. The van der Waals surface area contributed by atoms with Crippen LogP contribution in [0.15, 0.2) is 85.5 Å². The molecule has 0 saturated carbocycles. The molecule has 3 nitrogen and oxygen atoms in total. The Morgan fingerprint density at radius 1 is 1.00 bits per heavy atom. The van der Waals surface area contributed by atoms with Gasteiger partial charge in [0.05, 0.1) is 31.8 Å². The molecule has 0 saturated heterocycles. The maximum atomic E-state index is 14.9. The number of halogens is 2. The molecular weight excluding hydrogens is 374 g/mol. The smallest absolute Gasteiger partial charge is 0.285 e. The second-order valence-corrected chi connectivity index (χ2v) is 6.74. The molecule has 0 fully saturated rings. The van der Waals surface area contributed by atoms with Gasteiger partial charge in [0.1, 0.15) is 6.10 Å². The van der Waals surface area contributed by atoms with Gasteiger partial charge in [0.2, 0.25) is 0 Å². The van der Waals surface area contributed by atoms with Gasteiger partial charge in [-0.25, -0.2) is 8.78 Å². The van der Waals surface area contributed by atoms with Crippen molar-refractivity contribution < 1.29 is 23.4 Å². The number of benzene rings is 2. The minimum absolute atomic E-state index is 0.0590. The van der Waals surface area contributed by atoms with Gasteiger partial charge in [0.15, 0.2) is 0 Å². The third-order valence-electron chi connectivity index (χ3n) is 4.57. The Kier molecular flexibility index (Phi) is 9.19. The van der Waals surface area contributed by atoms with E-state index in [1.165, 1.54) is 6.08 Å². The molecule has 0 aromatic heterocycles. The molecule has 0 heterocycles. The molecule has 29 heavy (non-hydrogen) atoms. The maximum absolute atomic E-state index is 14.9. The largest absolute Gasteiger partial charge is 0.383 e. The van der Waals surface area contributed by atoms with Gasteiger partial charge in [0, 0.05) is 0 Å². The highest BCUT2D eigenvalue weighted by molar-refractivity contribution is 5.14. The van der Waals surface area contributed by atoms with E-state index in [1.54, 1.807) is 6.92 Å². The number of alkyl halides is 2. The summed E-state index contributed by atoms with van der Waals surface area (Å²) >= 11 is 0. The summed E-state index contributed by atoms with van der Waals surface area (Å²) in [6.45, 7) is 5.51. The molecule has 156 valence electrons. The topological polar surface area (TPSA) is 38.7 Å². The van der Waals surface area contributed by atoms with Crippen LogP contribution in [0.3, 0.4) is 0 Å². The molecule has 0 bridgehead atoms. The molecule has 0 radical (unpaired) electrons.